The first-order valence-corrected chi connectivity index (χ1v) is 3.90. The van der Waals surface area contributed by atoms with Crippen LogP contribution in [0.15, 0.2) is 0 Å². The van der Waals surface area contributed by atoms with Crippen LogP contribution in [-0.4, -0.2) is 16.5 Å². The molecule has 0 aliphatic carbocycles. The van der Waals surface area contributed by atoms with Gasteiger partial charge in [0.15, 0.2) is 0 Å². The van der Waals surface area contributed by atoms with Gasteiger partial charge in [-0.3, -0.25) is 9.89 Å². The van der Waals surface area contributed by atoms with E-state index in [-0.39, 0.29) is 5.41 Å². The quantitative estimate of drug-likeness (QED) is 0.685. The summed E-state index contributed by atoms with van der Waals surface area (Å²) >= 11 is 0. The van der Waals surface area contributed by atoms with Crippen LogP contribution in [0.4, 0.5) is 0 Å². The Kier molecular flexibility index (Phi) is 2.04. The average Bonchev–Trinajstić information content (AvgIpc) is 2.29. The first-order valence-electron chi connectivity index (χ1n) is 3.90. The lowest BCUT2D eigenvalue weighted by atomic mass is 9.89. The Morgan fingerprint density at radius 1 is 1.42 bits per heavy atom. The molecule has 3 nitrogen and oxygen atoms in total. The van der Waals surface area contributed by atoms with Gasteiger partial charge < -0.3 is 0 Å². The Morgan fingerprint density at radius 2 is 2.00 bits per heavy atom. The van der Waals surface area contributed by atoms with Crippen LogP contribution in [0.1, 0.15) is 37.7 Å². The Hall–Kier alpha value is -1.12. The van der Waals surface area contributed by atoms with Crippen molar-refractivity contribution in [1.29, 1.82) is 0 Å². The Balaban J connectivity index is 3.19. The monoisotopic (exact) mass is 165 g/mol. The van der Waals surface area contributed by atoms with Crippen LogP contribution in [-0.2, 0) is 10.2 Å². The van der Waals surface area contributed by atoms with E-state index in [9.17, 15) is 4.79 Å². The van der Waals surface area contributed by atoms with E-state index in [0.29, 0.717) is 5.69 Å². The maximum Gasteiger partial charge on any atom is 0.253 e. The van der Waals surface area contributed by atoms with Crippen molar-refractivity contribution in [3.05, 3.63) is 17.0 Å². The molecule has 65 valence electrons. The summed E-state index contributed by atoms with van der Waals surface area (Å²) in [6.07, 6.45) is 1.82. The highest BCUT2D eigenvalue weighted by Crippen LogP contribution is 2.23. The lowest BCUT2D eigenvalue weighted by Crippen LogP contribution is -2.13. The summed E-state index contributed by atoms with van der Waals surface area (Å²) in [7, 11) is 0. The van der Waals surface area contributed by atoms with Crippen molar-refractivity contribution in [3.8, 4) is 0 Å². The van der Waals surface area contributed by atoms with Crippen LogP contribution in [0.3, 0.4) is 0 Å². The van der Waals surface area contributed by atoms with Crippen LogP contribution in [0.5, 0.6) is 0 Å². The number of rotatable bonds is 1. The molecule has 1 N–H and O–H groups in total. The standard InChI is InChI=1S/C9H13N2O/c1-6-7(5-12)10-11-8(6)9(2,3)4/h1-4H3,(H,10,11). The molecule has 0 unspecified atom stereocenters. The fourth-order valence-corrected chi connectivity index (χ4v) is 1.23. The molecule has 0 bridgehead atoms. The molecular weight excluding hydrogens is 152 g/mol. The second-order valence-corrected chi connectivity index (χ2v) is 3.92. The number of nitrogens with one attached hydrogen (secondary N) is 1. The van der Waals surface area contributed by atoms with Crippen LogP contribution in [0.25, 0.3) is 0 Å². The molecule has 1 rings (SSSR count). The molecule has 0 fully saturated rings. The highest BCUT2D eigenvalue weighted by Gasteiger charge is 2.21. The largest absolute Gasteiger partial charge is 0.283 e. The van der Waals surface area contributed by atoms with Crippen molar-refractivity contribution in [1.82, 2.24) is 10.2 Å². The van der Waals surface area contributed by atoms with Gasteiger partial charge in [0.05, 0.1) is 5.69 Å². The molecule has 1 heterocycles. The van der Waals surface area contributed by atoms with Crippen LogP contribution < -0.4 is 0 Å². The van der Waals surface area contributed by atoms with Crippen molar-refractivity contribution in [2.45, 2.75) is 33.1 Å². The number of H-pyrrole nitrogens is 1. The minimum absolute atomic E-state index is 0.0182. The number of hydrogen-bond acceptors (Lipinski definition) is 2. The van der Waals surface area contributed by atoms with Gasteiger partial charge in [0.2, 0.25) is 0 Å². The lowest BCUT2D eigenvalue weighted by Gasteiger charge is -2.15. The van der Waals surface area contributed by atoms with Crippen LogP contribution in [0.2, 0.25) is 0 Å². The smallest absolute Gasteiger partial charge is 0.253 e. The number of carbonyl (C=O) groups excluding carboxylic acids is 1. The van der Waals surface area contributed by atoms with E-state index in [1.807, 2.05) is 13.2 Å². The zero-order valence-corrected chi connectivity index (χ0v) is 7.86. The molecule has 0 saturated carbocycles. The molecule has 0 amide bonds. The molecule has 0 spiro atoms. The van der Waals surface area contributed by atoms with Crippen LogP contribution >= 0.6 is 0 Å². The lowest BCUT2D eigenvalue weighted by molar-refractivity contribution is 0.561. The molecular formula is C9H13N2O. The van der Waals surface area contributed by atoms with Gasteiger partial charge in [0.1, 0.15) is 5.69 Å². The van der Waals surface area contributed by atoms with E-state index >= 15 is 0 Å². The summed E-state index contributed by atoms with van der Waals surface area (Å²) in [5, 5.41) is 6.73. The average molecular weight is 165 g/mol. The molecule has 0 atom stereocenters. The van der Waals surface area contributed by atoms with Gasteiger partial charge in [0.25, 0.3) is 6.29 Å². The van der Waals surface area contributed by atoms with Gasteiger partial charge in [0, 0.05) is 11.0 Å². The molecule has 12 heavy (non-hydrogen) atoms. The highest BCUT2D eigenvalue weighted by atomic mass is 16.1. The Labute approximate surface area is 72.2 Å². The van der Waals surface area contributed by atoms with Crippen molar-refractivity contribution < 1.29 is 4.79 Å². The maximum atomic E-state index is 10.4. The van der Waals surface area contributed by atoms with Crippen molar-refractivity contribution in [2.75, 3.05) is 0 Å². The van der Waals surface area contributed by atoms with Gasteiger partial charge in [-0.05, 0) is 6.92 Å². The van der Waals surface area contributed by atoms with E-state index in [0.717, 1.165) is 11.3 Å². The summed E-state index contributed by atoms with van der Waals surface area (Å²) in [5.74, 6) is 0. The fraction of sp³-hybridized carbons (Fsp3) is 0.556. The zero-order chi connectivity index (χ0) is 9.35. The van der Waals surface area contributed by atoms with Crippen molar-refractivity contribution >= 4 is 6.29 Å². The number of aromatic amines is 1. The second kappa shape index (κ2) is 2.73. The van der Waals surface area contributed by atoms with Gasteiger partial charge in [-0.1, -0.05) is 20.8 Å². The third-order valence-corrected chi connectivity index (χ3v) is 1.82. The van der Waals surface area contributed by atoms with Gasteiger partial charge in [-0.25, -0.2) is 0 Å². The normalized spacial score (nSPS) is 11.7. The topological polar surface area (TPSA) is 45.8 Å². The number of aromatic nitrogens is 2. The van der Waals surface area contributed by atoms with Crippen LogP contribution in [0, 0.1) is 6.92 Å². The van der Waals surface area contributed by atoms with E-state index in [2.05, 4.69) is 31.0 Å². The van der Waals surface area contributed by atoms with Crippen molar-refractivity contribution in [2.24, 2.45) is 0 Å². The summed E-state index contributed by atoms with van der Waals surface area (Å²) in [5.41, 5.74) is 2.27. The second-order valence-electron chi connectivity index (χ2n) is 3.92. The molecule has 1 aromatic heterocycles. The van der Waals surface area contributed by atoms with E-state index in [1.54, 1.807) is 0 Å². The summed E-state index contributed by atoms with van der Waals surface area (Å²) in [6.45, 7) is 8.06. The molecule has 3 heteroatoms. The summed E-state index contributed by atoms with van der Waals surface area (Å²) in [6, 6.07) is 0. The highest BCUT2D eigenvalue weighted by molar-refractivity contribution is 5.75. The molecule has 0 aliphatic heterocycles. The summed E-state index contributed by atoms with van der Waals surface area (Å²) in [4.78, 5) is 10.4. The Morgan fingerprint density at radius 3 is 2.25 bits per heavy atom. The van der Waals surface area contributed by atoms with E-state index < -0.39 is 0 Å². The third kappa shape index (κ3) is 1.40. The number of hydrogen-bond donors (Lipinski definition) is 1. The molecule has 0 saturated heterocycles. The van der Waals surface area contributed by atoms with Gasteiger partial charge >= 0.3 is 0 Å². The SMILES string of the molecule is Cc1c(C(C)(C)C)n[nH]c1[C]=O. The predicted octanol–water partition coefficient (Wildman–Crippen LogP) is 1.47. The van der Waals surface area contributed by atoms with E-state index in [1.165, 1.54) is 0 Å². The van der Waals surface area contributed by atoms with Gasteiger partial charge in [-0.15, -0.1) is 0 Å². The number of nitrogens with zero attached hydrogens (tertiary/aromatic N) is 1. The maximum absolute atomic E-state index is 10.4. The fourth-order valence-electron chi connectivity index (χ4n) is 1.23. The first-order chi connectivity index (χ1) is 5.46. The first kappa shape index (κ1) is 8.97. The zero-order valence-electron chi connectivity index (χ0n) is 7.86. The predicted molar refractivity (Wildman–Crippen MR) is 46.8 cm³/mol. The minimum Gasteiger partial charge on any atom is -0.283 e. The molecule has 1 aromatic rings. The Bertz CT molecular complexity index is 294. The molecule has 0 aromatic carbocycles. The van der Waals surface area contributed by atoms with Crippen molar-refractivity contribution in [3.63, 3.8) is 0 Å². The minimum atomic E-state index is -0.0182. The molecule has 1 radical (unpaired) electrons. The van der Waals surface area contributed by atoms with E-state index in [4.69, 9.17) is 0 Å². The summed E-state index contributed by atoms with van der Waals surface area (Å²) < 4.78 is 0. The third-order valence-electron chi connectivity index (χ3n) is 1.82. The molecule has 0 aliphatic rings. The van der Waals surface area contributed by atoms with Gasteiger partial charge in [-0.2, -0.15) is 5.10 Å².